The predicted octanol–water partition coefficient (Wildman–Crippen LogP) is 5.50. The highest BCUT2D eigenvalue weighted by Crippen LogP contribution is 2.30. The molecular weight excluding hydrogens is 456 g/mol. The normalized spacial score (nSPS) is 13.6. The van der Waals surface area contributed by atoms with Gasteiger partial charge in [-0.15, -0.1) is 0 Å². The highest BCUT2D eigenvalue weighted by atomic mass is 16.5. The fourth-order valence-corrected chi connectivity index (χ4v) is 4.09. The van der Waals surface area contributed by atoms with Crippen molar-refractivity contribution in [2.75, 3.05) is 5.32 Å². The van der Waals surface area contributed by atoms with Crippen molar-refractivity contribution in [1.29, 1.82) is 0 Å². The van der Waals surface area contributed by atoms with E-state index in [1.807, 2.05) is 37.3 Å². The van der Waals surface area contributed by atoms with Crippen LogP contribution in [0.2, 0.25) is 0 Å². The van der Waals surface area contributed by atoms with Crippen LogP contribution >= 0.6 is 0 Å². The molecule has 2 aromatic carbocycles. The van der Waals surface area contributed by atoms with E-state index in [1.165, 1.54) is 0 Å². The lowest BCUT2D eigenvalue weighted by molar-refractivity contribution is 0.0948. The van der Waals surface area contributed by atoms with E-state index in [0.29, 0.717) is 41.3 Å². The molecule has 180 valence electrons. The van der Waals surface area contributed by atoms with E-state index in [9.17, 15) is 9.59 Å². The first-order chi connectivity index (χ1) is 17.6. The van der Waals surface area contributed by atoms with Crippen molar-refractivity contribution in [3.05, 3.63) is 107 Å². The molecule has 8 nitrogen and oxygen atoms in total. The number of amides is 2. The average molecular weight is 481 g/mol. The number of ether oxygens (including phenoxy) is 1. The fourth-order valence-electron chi connectivity index (χ4n) is 4.09. The number of carbonyl (C=O) groups excluding carboxylic acids is 2. The Labute approximate surface area is 208 Å². The summed E-state index contributed by atoms with van der Waals surface area (Å²) in [4.78, 5) is 29.4. The van der Waals surface area contributed by atoms with Crippen molar-refractivity contribution >= 4 is 23.2 Å². The minimum absolute atomic E-state index is 0.232. The molecule has 0 atom stereocenters. The van der Waals surface area contributed by atoms with Crippen LogP contribution in [0.4, 0.5) is 5.69 Å². The van der Waals surface area contributed by atoms with E-state index in [2.05, 4.69) is 20.8 Å². The molecule has 2 aromatic heterocycles. The Hall–Kier alpha value is -4.72. The first-order valence-electron chi connectivity index (χ1n) is 11.6. The molecule has 2 amide bonds. The lowest BCUT2D eigenvalue weighted by Crippen LogP contribution is -2.22. The van der Waals surface area contributed by atoms with Gasteiger partial charge in [0.25, 0.3) is 11.8 Å². The highest BCUT2D eigenvalue weighted by Gasteiger charge is 2.28. The Balaban J connectivity index is 1.29. The number of hydrogen-bond donors (Lipinski definition) is 2. The Kier molecular flexibility index (Phi) is 6.57. The van der Waals surface area contributed by atoms with E-state index in [0.717, 1.165) is 17.7 Å². The second kappa shape index (κ2) is 10.3. The third kappa shape index (κ3) is 5.02. The van der Waals surface area contributed by atoms with Crippen LogP contribution in [0.3, 0.4) is 0 Å². The minimum atomic E-state index is -0.394. The van der Waals surface area contributed by atoms with Crippen LogP contribution < -0.4 is 15.5 Å². The van der Waals surface area contributed by atoms with Gasteiger partial charge < -0.3 is 14.5 Å². The number of furan rings is 1. The van der Waals surface area contributed by atoms with E-state index < -0.39 is 5.91 Å². The van der Waals surface area contributed by atoms with Crippen LogP contribution in [-0.4, -0.2) is 22.5 Å². The second-order valence-electron chi connectivity index (χ2n) is 8.32. The molecule has 0 radical (unpaired) electrons. The van der Waals surface area contributed by atoms with Crippen molar-refractivity contribution < 1.29 is 18.7 Å². The van der Waals surface area contributed by atoms with Crippen molar-refractivity contribution in [3.63, 3.8) is 0 Å². The standard InChI is InChI=1S/C28H24N4O4/c1-18-25-22(31-32-27(33)23-10-5-6-17-29-23)11-7-12-24(25)36-26(18)28(34)30-19-13-15-21(16-14-19)35-20-8-3-2-4-9-20/h2-6,8-10,13-17H,7,11-12H2,1H3,(H,30,34)(H,32,33)/b31-22+. The number of aromatic nitrogens is 1. The third-order valence-electron chi connectivity index (χ3n) is 5.81. The van der Waals surface area contributed by atoms with E-state index in [-0.39, 0.29) is 17.4 Å². The molecule has 1 aliphatic carbocycles. The summed E-state index contributed by atoms with van der Waals surface area (Å²) in [6.07, 6.45) is 3.72. The monoisotopic (exact) mass is 480 g/mol. The molecule has 0 saturated heterocycles. The van der Waals surface area contributed by atoms with Gasteiger partial charge in [-0.3, -0.25) is 14.6 Å². The lowest BCUT2D eigenvalue weighted by Gasteiger charge is -2.13. The van der Waals surface area contributed by atoms with Gasteiger partial charge in [0.2, 0.25) is 0 Å². The average Bonchev–Trinajstić information content (AvgIpc) is 3.26. The Morgan fingerprint density at radius 3 is 2.42 bits per heavy atom. The van der Waals surface area contributed by atoms with Crippen LogP contribution in [0.5, 0.6) is 11.5 Å². The zero-order valence-corrected chi connectivity index (χ0v) is 19.7. The van der Waals surface area contributed by atoms with Gasteiger partial charge in [0.05, 0.1) is 5.71 Å². The Bertz CT molecular complexity index is 1410. The van der Waals surface area contributed by atoms with Gasteiger partial charge in [0, 0.05) is 29.4 Å². The van der Waals surface area contributed by atoms with Crippen molar-refractivity contribution in [2.45, 2.75) is 26.2 Å². The summed E-state index contributed by atoms with van der Waals surface area (Å²) in [6, 6.07) is 21.7. The number of carbonyl (C=O) groups is 2. The summed E-state index contributed by atoms with van der Waals surface area (Å²) in [5.74, 6) is 1.58. The number of anilines is 1. The van der Waals surface area contributed by atoms with E-state index in [1.54, 1.807) is 48.7 Å². The number of nitrogens with one attached hydrogen (secondary N) is 2. The van der Waals surface area contributed by atoms with Gasteiger partial charge in [-0.05, 0) is 68.3 Å². The molecule has 0 bridgehead atoms. The van der Waals surface area contributed by atoms with Crippen LogP contribution in [-0.2, 0) is 6.42 Å². The minimum Gasteiger partial charge on any atom is -0.457 e. The summed E-state index contributed by atoms with van der Waals surface area (Å²) in [5, 5.41) is 7.21. The predicted molar refractivity (Wildman–Crippen MR) is 136 cm³/mol. The van der Waals surface area contributed by atoms with Crippen LogP contribution in [0.25, 0.3) is 0 Å². The maximum absolute atomic E-state index is 13.0. The van der Waals surface area contributed by atoms with Gasteiger partial charge in [-0.2, -0.15) is 5.10 Å². The maximum atomic E-state index is 13.0. The number of aryl methyl sites for hydroxylation is 1. The van der Waals surface area contributed by atoms with Crippen LogP contribution in [0.1, 0.15) is 50.8 Å². The molecule has 36 heavy (non-hydrogen) atoms. The first-order valence-corrected chi connectivity index (χ1v) is 11.6. The van der Waals surface area contributed by atoms with Gasteiger partial charge in [-0.1, -0.05) is 24.3 Å². The Morgan fingerprint density at radius 1 is 0.917 bits per heavy atom. The zero-order chi connectivity index (χ0) is 24.9. The maximum Gasteiger partial charge on any atom is 0.291 e. The molecule has 8 heteroatoms. The lowest BCUT2D eigenvalue weighted by atomic mass is 9.93. The number of rotatable bonds is 6. The number of benzene rings is 2. The second-order valence-corrected chi connectivity index (χ2v) is 8.32. The molecule has 0 saturated carbocycles. The molecule has 2 heterocycles. The van der Waals surface area contributed by atoms with Crippen molar-refractivity contribution in [3.8, 4) is 11.5 Å². The molecule has 0 fully saturated rings. The van der Waals surface area contributed by atoms with Gasteiger partial charge in [-0.25, -0.2) is 5.43 Å². The van der Waals surface area contributed by atoms with Gasteiger partial charge in [0.15, 0.2) is 5.76 Å². The van der Waals surface area contributed by atoms with E-state index >= 15 is 0 Å². The van der Waals surface area contributed by atoms with E-state index in [4.69, 9.17) is 9.15 Å². The summed E-state index contributed by atoms with van der Waals surface area (Å²) < 4.78 is 11.8. The van der Waals surface area contributed by atoms with Crippen LogP contribution in [0, 0.1) is 6.92 Å². The molecule has 2 N–H and O–H groups in total. The number of nitrogens with zero attached hydrogens (tertiary/aromatic N) is 2. The zero-order valence-electron chi connectivity index (χ0n) is 19.7. The van der Waals surface area contributed by atoms with Gasteiger partial charge >= 0.3 is 0 Å². The third-order valence-corrected chi connectivity index (χ3v) is 5.81. The number of hydrazone groups is 1. The smallest absolute Gasteiger partial charge is 0.291 e. The highest BCUT2D eigenvalue weighted by molar-refractivity contribution is 6.09. The summed E-state index contributed by atoms with van der Waals surface area (Å²) in [7, 11) is 0. The number of fused-ring (bicyclic) bond motifs is 1. The summed E-state index contributed by atoms with van der Waals surface area (Å²) >= 11 is 0. The molecule has 1 aliphatic rings. The van der Waals surface area contributed by atoms with Crippen molar-refractivity contribution in [1.82, 2.24) is 10.4 Å². The number of para-hydroxylation sites is 1. The number of pyridine rings is 1. The SMILES string of the molecule is Cc1c(C(=O)Nc2ccc(Oc3ccccc3)cc2)oc2c1/C(=N/NC(=O)c1ccccn1)CCC2. The van der Waals surface area contributed by atoms with Gasteiger partial charge in [0.1, 0.15) is 23.0 Å². The fraction of sp³-hybridized carbons (Fsp3) is 0.143. The molecule has 0 spiro atoms. The first kappa shape index (κ1) is 23.0. The topological polar surface area (TPSA) is 106 Å². The Morgan fingerprint density at radius 2 is 1.67 bits per heavy atom. The largest absolute Gasteiger partial charge is 0.457 e. The van der Waals surface area contributed by atoms with Crippen LogP contribution in [0.15, 0.2) is 88.5 Å². The quantitative estimate of drug-likeness (QED) is 0.355. The molecular formula is C28H24N4O4. The molecule has 4 aromatic rings. The summed E-state index contributed by atoms with van der Waals surface area (Å²) in [6.45, 7) is 1.83. The molecule has 0 unspecified atom stereocenters. The number of hydrogen-bond acceptors (Lipinski definition) is 6. The molecule has 0 aliphatic heterocycles. The molecule has 5 rings (SSSR count). The van der Waals surface area contributed by atoms with Crippen molar-refractivity contribution in [2.24, 2.45) is 5.10 Å². The summed E-state index contributed by atoms with van der Waals surface area (Å²) in [5.41, 5.74) is 5.62.